The highest BCUT2D eigenvalue weighted by atomic mass is 35.5. The number of rotatable bonds is 5. The Morgan fingerprint density at radius 1 is 1.14 bits per heavy atom. The van der Waals surface area contributed by atoms with E-state index in [0.29, 0.717) is 16.3 Å². The minimum atomic E-state index is -1.04. The van der Waals surface area contributed by atoms with E-state index in [1.807, 2.05) is 0 Å². The van der Waals surface area contributed by atoms with Crippen LogP contribution in [0.2, 0.25) is 5.02 Å². The van der Waals surface area contributed by atoms with Gasteiger partial charge in [-0.05, 0) is 29.8 Å². The largest absolute Gasteiger partial charge is 0.392 e. The zero-order chi connectivity index (χ0) is 16.1. The maximum atomic E-state index is 13.0. The van der Waals surface area contributed by atoms with Crippen LogP contribution >= 0.6 is 11.6 Å². The van der Waals surface area contributed by atoms with Crippen molar-refractivity contribution >= 4 is 28.9 Å². The molecule has 0 radical (unpaired) electrons. The normalized spacial score (nSPS) is 10.4. The van der Waals surface area contributed by atoms with Crippen molar-refractivity contribution in [3.63, 3.8) is 0 Å². The molecule has 2 aromatic carbocycles. The lowest BCUT2D eigenvalue weighted by atomic mass is 10.2. The van der Waals surface area contributed by atoms with Crippen molar-refractivity contribution in [1.82, 2.24) is 0 Å². The molecule has 0 bridgehead atoms. The molecule has 2 rings (SSSR count). The smallest absolute Gasteiger partial charge is 0.243 e. The lowest BCUT2D eigenvalue weighted by molar-refractivity contribution is -0.114. The van der Waals surface area contributed by atoms with Gasteiger partial charge in [0.2, 0.25) is 5.91 Å². The van der Waals surface area contributed by atoms with Crippen LogP contribution in [0.1, 0.15) is 5.56 Å². The SMILES string of the molecule is O=C(CNc1cc(CO)ccc1Cl)Nc1ccc(F)c(F)c1. The number of hydrogen-bond donors (Lipinski definition) is 3. The Morgan fingerprint density at radius 3 is 2.59 bits per heavy atom. The number of nitrogens with one attached hydrogen (secondary N) is 2. The van der Waals surface area contributed by atoms with Gasteiger partial charge in [0.25, 0.3) is 0 Å². The summed E-state index contributed by atoms with van der Waals surface area (Å²) in [5.41, 5.74) is 1.29. The molecule has 116 valence electrons. The summed E-state index contributed by atoms with van der Waals surface area (Å²) in [6.07, 6.45) is 0. The van der Waals surface area contributed by atoms with E-state index in [1.54, 1.807) is 18.2 Å². The second-order valence-electron chi connectivity index (χ2n) is 4.50. The topological polar surface area (TPSA) is 61.4 Å². The number of amides is 1. The van der Waals surface area contributed by atoms with Gasteiger partial charge in [0, 0.05) is 11.8 Å². The lowest BCUT2D eigenvalue weighted by Gasteiger charge is -2.10. The number of aliphatic hydroxyl groups excluding tert-OH is 1. The highest BCUT2D eigenvalue weighted by molar-refractivity contribution is 6.33. The van der Waals surface area contributed by atoms with Crippen LogP contribution < -0.4 is 10.6 Å². The van der Waals surface area contributed by atoms with E-state index in [-0.39, 0.29) is 18.8 Å². The molecule has 0 aromatic heterocycles. The first-order valence-corrected chi connectivity index (χ1v) is 6.75. The van der Waals surface area contributed by atoms with Crippen LogP contribution in [0.25, 0.3) is 0 Å². The van der Waals surface area contributed by atoms with Crippen molar-refractivity contribution in [3.8, 4) is 0 Å². The first-order valence-electron chi connectivity index (χ1n) is 6.37. The number of hydrogen-bond acceptors (Lipinski definition) is 3. The summed E-state index contributed by atoms with van der Waals surface area (Å²) in [6, 6.07) is 7.97. The number of benzene rings is 2. The van der Waals surface area contributed by atoms with Gasteiger partial charge in [-0.2, -0.15) is 0 Å². The second kappa shape index (κ2) is 7.20. The molecular weight excluding hydrogens is 314 g/mol. The first-order chi connectivity index (χ1) is 10.5. The fourth-order valence-corrected chi connectivity index (χ4v) is 1.95. The standard InChI is InChI=1S/C15H13ClF2N2O2/c16-11-3-1-9(8-21)5-14(11)19-7-15(22)20-10-2-4-12(17)13(18)6-10/h1-6,19,21H,7-8H2,(H,20,22). The number of carbonyl (C=O) groups is 1. The summed E-state index contributed by atoms with van der Waals surface area (Å²) in [5.74, 6) is -2.47. The predicted octanol–water partition coefficient (Wildman–Crippen LogP) is 3.16. The molecule has 0 aliphatic heterocycles. The molecule has 3 N–H and O–H groups in total. The Kier molecular flexibility index (Phi) is 5.30. The quantitative estimate of drug-likeness (QED) is 0.791. The molecule has 0 saturated heterocycles. The number of anilines is 2. The van der Waals surface area contributed by atoms with Crippen LogP contribution in [0.5, 0.6) is 0 Å². The molecule has 2 aromatic rings. The Balaban J connectivity index is 1.96. The third kappa shape index (κ3) is 4.16. The molecule has 7 heteroatoms. The van der Waals surface area contributed by atoms with Crippen molar-refractivity contribution in [3.05, 3.63) is 58.6 Å². The van der Waals surface area contributed by atoms with Gasteiger partial charge in [0.15, 0.2) is 11.6 Å². The lowest BCUT2D eigenvalue weighted by Crippen LogP contribution is -2.22. The van der Waals surface area contributed by atoms with E-state index in [9.17, 15) is 13.6 Å². The van der Waals surface area contributed by atoms with Crippen LogP contribution in [0.3, 0.4) is 0 Å². The van der Waals surface area contributed by atoms with Crippen molar-refractivity contribution in [1.29, 1.82) is 0 Å². The molecule has 0 aliphatic carbocycles. The highest BCUT2D eigenvalue weighted by Gasteiger charge is 2.08. The average Bonchev–Trinajstić information content (AvgIpc) is 2.50. The van der Waals surface area contributed by atoms with Gasteiger partial charge in [-0.15, -0.1) is 0 Å². The van der Waals surface area contributed by atoms with E-state index in [0.717, 1.165) is 12.1 Å². The fraction of sp³-hybridized carbons (Fsp3) is 0.133. The van der Waals surface area contributed by atoms with E-state index in [4.69, 9.17) is 16.7 Å². The minimum Gasteiger partial charge on any atom is -0.392 e. The monoisotopic (exact) mass is 326 g/mol. The summed E-state index contributed by atoms with van der Waals surface area (Å²) in [7, 11) is 0. The third-order valence-electron chi connectivity index (χ3n) is 2.86. The van der Waals surface area contributed by atoms with Gasteiger partial charge in [-0.1, -0.05) is 17.7 Å². The predicted molar refractivity (Wildman–Crippen MR) is 80.9 cm³/mol. The molecule has 0 heterocycles. The molecule has 1 amide bonds. The van der Waals surface area contributed by atoms with Crippen LogP contribution in [0, 0.1) is 11.6 Å². The van der Waals surface area contributed by atoms with Gasteiger partial charge in [-0.25, -0.2) is 8.78 Å². The van der Waals surface area contributed by atoms with Gasteiger partial charge in [0.1, 0.15) is 0 Å². The van der Waals surface area contributed by atoms with Gasteiger partial charge < -0.3 is 15.7 Å². The Hall–Kier alpha value is -2.18. The van der Waals surface area contributed by atoms with Gasteiger partial charge >= 0.3 is 0 Å². The van der Waals surface area contributed by atoms with E-state index in [2.05, 4.69) is 10.6 Å². The van der Waals surface area contributed by atoms with Crippen LogP contribution in [-0.4, -0.2) is 17.6 Å². The Morgan fingerprint density at radius 2 is 1.91 bits per heavy atom. The summed E-state index contributed by atoms with van der Waals surface area (Å²) < 4.78 is 25.8. The number of carbonyl (C=O) groups excluding carboxylic acids is 1. The third-order valence-corrected chi connectivity index (χ3v) is 3.19. The average molecular weight is 327 g/mol. The summed E-state index contributed by atoms with van der Waals surface area (Å²) >= 11 is 5.97. The van der Waals surface area contributed by atoms with E-state index >= 15 is 0 Å². The van der Waals surface area contributed by atoms with Crippen LogP contribution in [0.4, 0.5) is 20.2 Å². The van der Waals surface area contributed by atoms with Gasteiger partial charge in [-0.3, -0.25) is 4.79 Å². The molecule has 22 heavy (non-hydrogen) atoms. The Labute approximate surface area is 130 Å². The second-order valence-corrected chi connectivity index (χ2v) is 4.91. The van der Waals surface area contributed by atoms with Crippen molar-refractivity contribution in [2.45, 2.75) is 6.61 Å². The van der Waals surface area contributed by atoms with Crippen LogP contribution in [-0.2, 0) is 11.4 Å². The fourth-order valence-electron chi connectivity index (χ4n) is 1.76. The summed E-state index contributed by atoms with van der Waals surface area (Å²) in [6.45, 7) is -0.263. The molecule has 0 unspecified atom stereocenters. The highest BCUT2D eigenvalue weighted by Crippen LogP contribution is 2.23. The minimum absolute atomic E-state index is 0.117. The van der Waals surface area contributed by atoms with E-state index in [1.165, 1.54) is 6.07 Å². The van der Waals surface area contributed by atoms with Gasteiger partial charge in [0.05, 0.1) is 23.9 Å². The summed E-state index contributed by atoms with van der Waals surface area (Å²) in [4.78, 5) is 11.8. The number of aliphatic hydroxyl groups is 1. The van der Waals surface area contributed by atoms with Crippen molar-refractivity contribution in [2.75, 3.05) is 17.2 Å². The molecule has 4 nitrogen and oxygen atoms in total. The Bertz CT molecular complexity index is 695. The molecule has 0 fully saturated rings. The molecule has 0 aliphatic rings. The number of halogens is 3. The maximum Gasteiger partial charge on any atom is 0.243 e. The van der Waals surface area contributed by atoms with Crippen molar-refractivity contribution in [2.24, 2.45) is 0 Å². The zero-order valence-electron chi connectivity index (χ0n) is 11.4. The first kappa shape index (κ1) is 16.2. The van der Waals surface area contributed by atoms with Crippen LogP contribution in [0.15, 0.2) is 36.4 Å². The molecule has 0 atom stereocenters. The van der Waals surface area contributed by atoms with E-state index < -0.39 is 17.5 Å². The maximum absolute atomic E-state index is 13.0. The molecule has 0 saturated carbocycles. The van der Waals surface area contributed by atoms with Crippen molar-refractivity contribution < 1.29 is 18.7 Å². The molecular formula is C15H13ClF2N2O2. The summed E-state index contributed by atoms with van der Waals surface area (Å²) in [5, 5.41) is 14.7. The molecule has 0 spiro atoms. The zero-order valence-corrected chi connectivity index (χ0v) is 12.1.